The topological polar surface area (TPSA) is 70.3 Å². The first-order chi connectivity index (χ1) is 18.6. The number of benzene rings is 3. The summed E-state index contributed by atoms with van der Waals surface area (Å²) in [7, 11) is 4.37. The largest absolute Gasteiger partial charge is 0.369 e. The highest BCUT2D eigenvalue weighted by Gasteiger charge is 2.17. The number of hydrogen-bond donors (Lipinski definition) is 2. The lowest BCUT2D eigenvalue weighted by molar-refractivity contribution is 0.313. The Morgan fingerprint density at radius 2 is 1.00 bits per heavy atom. The molecule has 2 fully saturated rings. The Morgan fingerprint density at radius 1 is 0.553 bits per heavy atom. The number of aromatic amines is 2. The van der Waals surface area contributed by atoms with Crippen LogP contribution in [0.5, 0.6) is 0 Å². The highest BCUT2D eigenvalue weighted by atomic mass is 15.3. The lowest BCUT2D eigenvalue weighted by Crippen LogP contribution is -2.44. The van der Waals surface area contributed by atoms with Crippen molar-refractivity contribution in [1.29, 1.82) is 0 Å². The molecule has 2 aliphatic heterocycles. The second-order valence-corrected chi connectivity index (χ2v) is 10.7. The Hall–Kier alpha value is -3.88. The van der Waals surface area contributed by atoms with Gasteiger partial charge in [-0.2, -0.15) is 0 Å². The number of likely N-dealkylation sites (N-methyl/N-ethyl adjacent to an activating group) is 2. The van der Waals surface area contributed by atoms with E-state index in [2.05, 4.69) is 104 Å². The number of anilines is 2. The van der Waals surface area contributed by atoms with Gasteiger partial charge in [-0.15, -0.1) is 0 Å². The van der Waals surface area contributed by atoms with Crippen LogP contribution >= 0.6 is 0 Å². The van der Waals surface area contributed by atoms with Gasteiger partial charge in [0.15, 0.2) is 0 Å². The number of fused-ring (bicyclic) bond motifs is 2. The minimum atomic E-state index is 0.880. The molecule has 0 radical (unpaired) electrons. The fourth-order valence-corrected chi connectivity index (χ4v) is 5.60. The normalized spacial score (nSPS) is 17.6. The summed E-state index contributed by atoms with van der Waals surface area (Å²) in [5, 5.41) is 0. The maximum Gasteiger partial charge on any atom is 0.138 e. The maximum atomic E-state index is 4.97. The van der Waals surface area contributed by atoms with Crippen LogP contribution in [0.3, 0.4) is 0 Å². The number of H-pyrrole nitrogens is 2. The molecule has 0 bridgehead atoms. The molecule has 0 atom stereocenters. The van der Waals surface area contributed by atoms with E-state index >= 15 is 0 Å². The van der Waals surface area contributed by atoms with Gasteiger partial charge >= 0.3 is 0 Å². The summed E-state index contributed by atoms with van der Waals surface area (Å²) >= 11 is 0. The molecule has 3 aromatic carbocycles. The van der Waals surface area contributed by atoms with Crippen LogP contribution in [0.4, 0.5) is 11.4 Å². The Morgan fingerprint density at radius 3 is 1.45 bits per heavy atom. The van der Waals surface area contributed by atoms with E-state index in [0.29, 0.717) is 0 Å². The molecule has 2 aromatic heterocycles. The molecule has 0 saturated carbocycles. The van der Waals surface area contributed by atoms with Crippen LogP contribution in [0.15, 0.2) is 60.7 Å². The van der Waals surface area contributed by atoms with Gasteiger partial charge in [0.2, 0.25) is 0 Å². The molecule has 2 N–H and O–H groups in total. The second-order valence-electron chi connectivity index (χ2n) is 10.7. The molecule has 5 aromatic rings. The molecule has 0 amide bonds. The number of hydrogen-bond acceptors (Lipinski definition) is 6. The van der Waals surface area contributed by atoms with Gasteiger partial charge in [-0.1, -0.05) is 18.2 Å². The van der Waals surface area contributed by atoms with Gasteiger partial charge in [-0.3, -0.25) is 0 Å². The van der Waals surface area contributed by atoms with E-state index in [4.69, 9.17) is 9.97 Å². The maximum absolute atomic E-state index is 4.97. The fourth-order valence-electron chi connectivity index (χ4n) is 5.60. The van der Waals surface area contributed by atoms with Gasteiger partial charge in [0.1, 0.15) is 11.6 Å². The SMILES string of the molecule is CN1CCN(c2ccc3[nH]c(-c4cccc(-c5nc6cc(N7CCN(C)CC7)ccc6[nH]5)c4)nc3c2)CC1. The minimum absolute atomic E-state index is 0.880. The molecule has 0 unspecified atom stereocenters. The van der Waals surface area contributed by atoms with Crippen LogP contribution in [0.1, 0.15) is 0 Å². The summed E-state index contributed by atoms with van der Waals surface area (Å²) in [6.07, 6.45) is 0. The van der Waals surface area contributed by atoms with Gasteiger partial charge in [-0.25, -0.2) is 9.97 Å². The highest BCUT2D eigenvalue weighted by Crippen LogP contribution is 2.29. The van der Waals surface area contributed by atoms with Gasteiger partial charge in [-0.05, 0) is 56.6 Å². The summed E-state index contributed by atoms with van der Waals surface area (Å²) in [4.78, 5) is 26.6. The summed E-state index contributed by atoms with van der Waals surface area (Å²) in [5.41, 5.74) is 8.72. The number of aromatic nitrogens is 4. The van der Waals surface area contributed by atoms with Crippen LogP contribution in [0.25, 0.3) is 44.8 Å². The number of nitrogens with zero attached hydrogens (tertiary/aromatic N) is 6. The molecule has 7 rings (SSSR count). The Balaban J connectivity index is 1.15. The first-order valence-corrected chi connectivity index (χ1v) is 13.6. The van der Waals surface area contributed by atoms with Crippen LogP contribution in [0.2, 0.25) is 0 Å². The van der Waals surface area contributed by atoms with Crippen LogP contribution in [0, 0.1) is 0 Å². The lowest BCUT2D eigenvalue weighted by Gasteiger charge is -2.34. The zero-order chi connectivity index (χ0) is 25.6. The van der Waals surface area contributed by atoms with Crippen molar-refractivity contribution in [3.63, 3.8) is 0 Å². The summed E-state index contributed by atoms with van der Waals surface area (Å²) in [6.45, 7) is 8.58. The third-order valence-corrected chi connectivity index (χ3v) is 8.08. The first-order valence-electron chi connectivity index (χ1n) is 13.6. The van der Waals surface area contributed by atoms with Gasteiger partial charge in [0.05, 0.1) is 22.1 Å². The quantitative estimate of drug-likeness (QED) is 0.379. The predicted molar refractivity (Wildman–Crippen MR) is 156 cm³/mol. The molecule has 38 heavy (non-hydrogen) atoms. The van der Waals surface area contributed by atoms with Crippen molar-refractivity contribution < 1.29 is 0 Å². The molecular formula is C30H34N8. The van der Waals surface area contributed by atoms with E-state index < -0.39 is 0 Å². The molecule has 0 spiro atoms. The lowest BCUT2D eigenvalue weighted by atomic mass is 10.1. The van der Waals surface area contributed by atoms with E-state index in [0.717, 1.165) is 97.2 Å². The third-order valence-electron chi connectivity index (χ3n) is 8.08. The minimum Gasteiger partial charge on any atom is -0.369 e. The van der Waals surface area contributed by atoms with Crippen molar-refractivity contribution in [1.82, 2.24) is 29.7 Å². The monoisotopic (exact) mass is 506 g/mol. The average molecular weight is 507 g/mol. The molecule has 8 nitrogen and oxygen atoms in total. The van der Waals surface area contributed by atoms with E-state index in [1.165, 1.54) is 11.4 Å². The Kier molecular flexibility index (Phi) is 5.78. The van der Waals surface area contributed by atoms with Crippen molar-refractivity contribution in [3.8, 4) is 22.8 Å². The summed E-state index contributed by atoms with van der Waals surface area (Å²) < 4.78 is 0. The van der Waals surface area contributed by atoms with Crippen molar-refractivity contribution in [3.05, 3.63) is 60.7 Å². The van der Waals surface area contributed by atoms with Crippen molar-refractivity contribution in [2.75, 3.05) is 76.3 Å². The fraction of sp³-hybridized carbons (Fsp3) is 0.333. The summed E-state index contributed by atoms with van der Waals surface area (Å²) in [5.74, 6) is 1.76. The third kappa shape index (κ3) is 4.40. The zero-order valence-electron chi connectivity index (χ0n) is 22.1. The Bertz CT molecular complexity index is 1470. The molecule has 194 valence electrons. The average Bonchev–Trinajstić information content (AvgIpc) is 3.58. The molecule has 0 aliphatic carbocycles. The molecule has 2 saturated heterocycles. The number of imidazole rings is 2. The second kappa shape index (κ2) is 9.45. The number of rotatable bonds is 4. The van der Waals surface area contributed by atoms with Gasteiger partial charge in [0.25, 0.3) is 0 Å². The number of nitrogens with one attached hydrogen (secondary N) is 2. The van der Waals surface area contributed by atoms with Crippen molar-refractivity contribution in [2.24, 2.45) is 0 Å². The van der Waals surface area contributed by atoms with E-state index in [-0.39, 0.29) is 0 Å². The standard InChI is InChI=1S/C30H34N8/c1-35-10-14-37(15-11-35)23-6-8-25-27(19-23)33-29(31-25)21-4-3-5-22(18-21)30-32-26-9-7-24(20-28(26)34-30)38-16-12-36(2)13-17-38/h3-9,18-20H,10-17H2,1-2H3,(H,31,33)(H,32,34). The molecular weight excluding hydrogens is 472 g/mol. The zero-order valence-corrected chi connectivity index (χ0v) is 22.1. The van der Waals surface area contributed by atoms with Crippen LogP contribution in [-0.4, -0.2) is 96.2 Å². The van der Waals surface area contributed by atoms with Crippen molar-refractivity contribution >= 4 is 33.4 Å². The van der Waals surface area contributed by atoms with Gasteiger partial charge in [0, 0.05) is 74.9 Å². The van der Waals surface area contributed by atoms with Crippen LogP contribution < -0.4 is 9.80 Å². The number of piperazine rings is 2. The first kappa shape index (κ1) is 23.3. The van der Waals surface area contributed by atoms with Crippen molar-refractivity contribution in [2.45, 2.75) is 0 Å². The highest BCUT2D eigenvalue weighted by molar-refractivity contribution is 5.85. The van der Waals surface area contributed by atoms with Crippen LogP contribution in [-0.2, 0) is 0 Å². The smallest absolute Gasteiger partial charge is 0.138 e. The van der Waals surface area contributed by atoms with E-state index in [9.17, 15) is 0 Å². The predicted octanol–water partition coefficient (Wildman–Crippen LogP) is 4.28. The van der Waals surface area contributed by atoms with E-state index in [1.54, 1.807) is 0 Å². The molecule has 2 aliphatic rings. The Labute approximate surface area is 222 Å². The molecule has 4 heterocycles. The molecule has 8 heteroatoms. The summed E-state index contributed by atoms with van der Waals surface area (Å²) in [6, 6.07) is 21.6. The van der Waals surface area contributed by atoms with E-state index in [1.807, 2.05) is 0 Å². The van der Waals surface area contributed by atoms with Gasteiger partial charge < -0.3 is 29.6 Å².